The molecule has 0 amide bonds. The maximum atomic E-state index is 13.1. The fourth-order valence-electron chi connectivity index (χ4n) is 1.10. The lowest BCUT2D eigenvalue weighted by molar-refractivity contribution is 0.0344. The molecule has 0 aliphatic rings. The van der Waals surface area contributed by atoms with E-state index in [9.17, 15) is 4.39 Å². The van der Waals surface area contributed by atoms with Crippen LogP contribution in [0.25, 0.3) is 0 Å². The molecule has 0 fully saturated rings. The first kappa shape index (κ1) is 13.3. The number of nitrogen functional groups attached to an aromatic ring is 1. The van der Waals surface area contributed by atoms with Crippen LogP contribution in [-0.2, 0) is 4.74 Å². The van der Waals surface area contributed by atoms with E-state index in [1.165, 1.54) is 6.07 Å². The van der Waals surface area contributed by atoms with Gasteiger partial charge in [0.1, 0.15) is 5.82 Å². The first-order chi connectivity index (χ1) is 7.35. The minimum Gasteiger partial charge on any atom is -0.397 e. The van der Waals surface area contributed by atoms with Gasteiger partial charge >= 0.3 is 0 Å². The van der Waals surface area contributed by atoms with E-state index in [4.69, 9.17) is 10.5 Å². The fourth-order valence-corrected chi connectivity index (χ4v) is 1.44. The van der Waals surface area contributed by atoms with Gasteiger partial charge in [0.2, 0.25) is 0 Å². The zero-order valence-electron chi connectivity index (χ0n) is 9.60. The lowest BCUT2D eigenvalue weighted by atomic mass is 10.1. The summed E-state index contributed by atoms with van der Waals surface area (Å²) in [5.41, 5.74) is 6.47. The molecule has 1 aromatic rings. The van der Waals surface area contributed by atoms with Gasteiger partial charge in [-0.3, -0.25) is 0 Å². The molecule has 0 unspecified atom stereocenters. The van der Waals surface area contributed by atoms with E-state index in [1.54, 1.807) is 13.2 Å². The molecule has 0 aliphatic heterocycles. The molecule has 0 aromatic heterocycles. The summed E-state index contributed by atoms with van der Waals surface area (Å²) in [4.78, 5) is 0. The topological polar surface area (TPSA) is 47.3 Å². The normalized spacial score (nSPS) is 11.6. The summed E-state index contributed by atoms with van der Waals surface area (Å²) in [6.07, 6.45) is 0. The highest BCUT2D eigenvalue weighted by Gasteiger charge is 2.16. The van der Waals surface area contributed by atoms with E-state index in [0.717, 1.165) is 0 Å². The Balaban J connectivity index is 2.79. The average Bonchev–Trinajstić information content (AvgIpc) is 2.22. The Kier molecular flexibility index (Phi) is 4.15. The van der Waals surface area contributed by atoms with Crippen LogP contribution >= 0.6 is 15.9 Å². The Morgan fingerprint density at radius 1 is 1.50 bits per heavy atom. The largest absolute Gasteiger partial charge is 0.397 e. The van der Waals surface area contributed by atoms with Crippen molar-refractivity contribution in [1.82, 2.24) is 0 Å². The summed E-state index contributed by atoms with van der Waals surface area (Å²) in [6, 6.07) is 2.91. The molecule has 0 aliphatic carbocycles. The fraction of sp³-hybridized carbons (Fsp3) is 0.455. The van der Waals surface area contributed by atoms with Crippen molar-refractivity contribution >= 4 is 27.3 Å². The van der Waals surface area contributed by atoms with Gasteiger partial charge in [0, 0.05) is 19.7 Å². The van der Waals surface area contributed by atoms with E-state index in [-0.39, 0.29) is 11.4 Å². The van der Waals surface area contributed by atoms with Gasteiger partial charge in [-0.25, -0.2) is 4.39 Å². The van der Waals surface area contributed by atoms with E-state index in [1.807, 2.05) is 13.8 Å². The van der Waals surface area contributed by atoms with Crippen molar-refractivity contribution < 1.29 is 9.13 Å². The highest BCUT2D eigenvalue weighted by Crippen LogP contribution is 2.27. The van der Waals surface area contributed by atoms with Gasteiger partial charge in [-0.05, 0) is 35.8 Å². The quantitative estimate of drug-likeness (QED) is 0.838. The minimum atomic E-state index is -0.367. The highest BCUT2D eigenvalue weighted by molar-refractivity contribution is 9.10. The van der Waals surface area contributed by atoms with Crippen molar-refractivity contribution in [3.63, 3.8) is 0 Å². The van der Waals surface area contributed by atoms with Crippen molar-refractivity contribution in [2.24, 2.45) is 0 Å². The first-order valence-electron chi connectivity index (χ1n) is 4.89. The second kappa shape index (κ2) is 5.01. The Morgan fingerprint density at radius 2 is 2.12 bits per heavy atom. The summed E-state index contributed by atoms with van der Waals surface area (Å²) in [7, 11) is 1.64. The van der Waals surface area contributed by atoms with Gasteiger partial charge in [0.15, 0.2) is 0 Å². The zero-order chi connectivity index (χ0) is 12.3. The molecule has 1 aromatic carbocycles. The molecule has 3 N–H and O–H groups in total. The summed E-state index contributed by atoms with van der Waals surface area (Å²) in [6.45, 7) is 4.50. The third-order valence-electron chi connectivity index (χ3n) is 2.35. The molecule has 16 heavy (non-hydrogen) atoms. The number of nitrogens with two attached hydrogens (primary N) is 1. The second-order valence-corrected chi connectivity index (χ2v) is 5.03. The van der Waals surface area contributed by atoms with Crippen LogP contribution in [0.2, 0.25) is 0 Å². The number of halogens is 2. The molecular formula is C11H16BrFN2O. The molecule has 1 rings (SSSR count). The van der Waals surface area contributed by atoms with Gasteiger partial charge in [0.25, 0.3) is 0 Å². The number of hydrogen-bond donors (Lipinski definition) is 2. The summed E-state index contributed by atoms with van der Waals surface area (Å²) >= 11 is 3.12. The van der Waals surface area contributed by atoms with Crippen molar-refractivity contribution in [3.05, 3.63) is 22.4 Å². The van der Waals surface area contributed by atoms with Crippen LogP contribution in [0.4, 0.5) is 15.8 Å². The van der Waals surface area contributed by atoms with E-state index in [0.29, 0.717) is 22.4 Å². The van der Waals surface area contributed by atoms with Crippen molar-refractivity contribution in [1.29, 1.82) is 0 Å². The van der Waals surface area contributed by atoms with Gasteiger partial charge in [-0.2, -0.15) is 0 Å². The van der Waals surface area contributed by atoms with Crippen LogP contribution < -0.4 is 11.1 Å². The number of hydrogen-bond acceptors (Lipinski definition) is 3. The number of methoxy groups -OCH3 is 1. The summed E-state index contributed by atoms with van der Waals surface area (Å²) in [5, 5.41) is 3.13. The lowest BCUT2D eigenvalue weighted by Gasteiger charge is -2.24. The molecule has 0 spiro atoms. The first-order valence-corrected chi connectivity index (χ1v) is 5.68. The summed E-state index contributed by atoms with van der Waals surface area (Å²) < 4.78 is 18.8. The lowest BCUT2D eigenvalue weighted by Crippen LogP contribution is -2.32. The predicted octanol–water partition coefficient (Wildman–Crippen LogP) is 3.01. The van der Waals surface area contributed by atoms with Gasteiger partial charge in [-0.1, -0.05) is 0 Å². The zero-order valence-corrected chi connectivity index (χ0v) is 11.2. The molecule has 0 saturated heterocycles. The van der Waals surface area contributed by atoms with Crippen LogP contribution in [0.5, 0.6) is 0 Å². The maximum absolute atomic E-state index is 13.1. The van der Waals surface area contributed by atoms with Crippen LogP contribution in [0.3, 0.4) is 0 Å². The van der Waals surface area contributed by atoms with Crippen molar-refractivity contribution in [2.75, 3.05) is 24.7 Å². The minimum absolute atomic E-state index is 0.298. The van der Waals surface area contributed by atoms with Gasteiger partial charge in [-0.15, -0.1) is 0 Å². The number of nitrogens with one attached hydrogen (secondary N) is 1. The van der Waals surface area contributed by atoms with Crippen molar-refractivity contribution in [3.8, 4) is 0 Å². The van der Waals surface area contributed by atoms with Crippen LogP contribution in [-0.4, -0.2) is 19.3 Å². The number of anilines is 2. The van der Waals surface area contributed by atoms with E-state index in [2.05, 4.69) is 21.2 Å². The molecule has 90 valence electrons. The Bertz CT molecular complexity index is 382. The molecule has 0 radical (unpaired) electrons. The van der Waals surface area contributed by atoms with Crippen LogP contribution in [0.15, 0.2) is 16.6 Å². The molecule has 0 heterocycles. The number of ether oxygens (including phenoxy) is 1. The predicted molar refractivity (Wildman–Crippen MR) is 68.1 cm³/mol. The molecule has 0 saturated carbocycles. The molecule has 0 atom stereocenters. The molecule has 0 bridgehead atoms. The number of rotatable bonds is 4. The van der Waals surface area contributed by atoms with Gasteiger partial charge < -0.3 is 15.8 Å². The standard InChI is InChI=1S/C11H16BrFN2O/c1-11(2,16-3)6-15-10-4-7(12)8(13)5-9(10)14/h4-5,15H,6,14H2,1-3H3. The average molecular weight is 291 g/mol. The van der Waals surface area contributed by atoms with Crippen LogP contribution in [0, 0.1) is 5.82 Å². The summed E-state index contributed by atoms with van der Waals surface area (Å²) in [5.74, 6) is -0.367. The Morgan fingerprint density at radius 3 is 2.69 bits per heavy atom. The highest BCUT2D eigenvalue weighted by atomic mass is 79.9. The SMILES string of the molecule is COC(C)(C)CNc1cc(Br)c(F)cc1N. The van der Waals surface area contributed by atoms with Crippen LogP contribution in [0.1, 0.15) is 13.8 Å². The molecule has 3 nitrogen and oxygen atoms in total. The molecular weight excluding hydrogens is 275 g/mol. The third-order valence-corrected chi connectivity index (χ3v) is 2.96. The molecule has 5 heteroatoms. The maximum Gasteiger partial charge on any atom is 0.139 e. The van der Waals surface area contributed by atoms with Crippen molar-refractivity contribution in [2.45, 2.75) is 19.4 Å². The third kappa shape index (κ3) is 3.35. The van der Waals surface area contributed by atoms with Gasteiger partial charge in [0.05, 0.1) is 21.4 Å². The van der Waals surface area contributed by atoms with E-state index < -0.39 is 0 Å². The Hall–Kier alpha value is -0.810. The monoisotopic (exact) mass is 290 g/mol. The number of benzene rings is 1. The Labute approximate surface area is 103 Å². The smallest absolute Gasteiger partial charge is 0.139 e. The van der Waals surface area contributed by atoms with E-state index >= 15 is 0 Å². The second-order valence-electron chi connectivity index (χ2n) is 4.17.